The van der Waals surface area contributed by atoms with Crippen LogP contribution < -0.4 is 4.74 Å². The SMILES string of the molecule is COc1ccc(C(=O)CN2CCN3CCCC3C2)cc1F. The van der Waals surface area contributed by atoms with Gasteiger partial charge in [-0.15, -0.1) is 0 Å². The summed E-state index contributed by atoms with van der Waals surface area (Å²) in [5, 5.41) is 0. The third-order valence-electron chi connectivity index (χ3n) is 4.51. The molecule has 0 N–H and O–H groups in total. The zero-order valence-corrected chi connectivity index (χ0v) is 12.3. The number of hydrogen-bond acceptors (Lipinski definition) is 4. The van der Waals surface area contributed by atoms with Crippen LogP contribution in [0.1, 0.15) is 23.2 Å². The van der Waals surface area contributed by atoms with Crippen molar-refractivity contribution >= 4 is 5.78 Å². The highest BCUT2D eigenvalue weighted by Gasteiger charge is 2.31. The number of piperazine rings is 1. The molecule has 2 saturated heterocycles. The lowest BCUT2D eigenvalue weighted by atomic mass is 10.1. The first-order valence-corrected chi connectivity index (χ1v) is 7.50. The van der Waals surface area contributed by atoms with Gasteiger partial charge in [0.25, 0.3) is 0 Å². The van der Waals surface area contributed by atoms with Crippen molar-refractivity contribution in [3.8, 4) is 5.75 Å². The number of fused-ring (bicyclic) bond motifs is 1. The molecule has 0 aromatic heterocycles. The molecule has 114 valence electrons. The normalized spacial score (nSPS) is 23.0. The summed E-state index contributed by atoms with van der Waals surface area (Å²) in [4.78, 5) is 17.0. The minimum Gasteiger partial charge on any atom is -0.494 e. The number of ether oxygens (including phenoxy) is 1. The van der Waals surface area contributed by atoms with E-state index in [2.05, 4.69) is 9.80 Å². The molecule has 1 unspecified atom stereocenters. The molecule has 2 aliphatic rings. The highest BCUT2D eigenvalue weighted by molar-refractivity contribution is 5.97. The van der Waals surface area contributed by atoms with E-state index < -0.39 is 5.82 Å². The summed E-state index contributed by atoms with van der Waals surface area (Å²) in [6.45, 7) is 4.46. The number of carbonyl (C=O) groups is 1. The van der Waals surface area contributed by atoms with E-state index in [-0.39, 0.29) is 11.5 Å². The Hall–Kier alpha value is -1.46. The van der Waals surface area contributed by atoms with Gasteiger partial charge in [0.2, 0.25) is 0 Å². The minimum atomic E-state index is -0.482. The van der Waals surface area contributed by atoms with Gasteiger partial charge in [0, 0.05) is 31.2 Å². The van der Waals surface area contributed by atoms with E-state index >= 15 is 0 Å². The van der Waals surface area contributed by atoms with Gasteiger partial charge in [0.05, 0.1) is 13.7 Å². The highest BCUT2D eigenvalue weighted by Crippen LogP contribution is 2.22. The van der Waals surface area contributed by atoms with E-state index in [0.29, 0.717) is 18.2 Å². The smallest absolute Gasteiger partial charge is 0.176 e. The van der Waals surface area contributed by atoms with E-state index in [9.17, 15) is 9.18 Å². The average Bonchev–Trinajstić information content (AvgIpc) is 2.94. The fourth-order valence-corrected chi connectivity index (χ4v) is 3.33. The van der Waals surface area contributed by atoms with Crippen LogP contribution in [0.25, 0.3) is 0 Å². The van der Waals surface area contributed by atoms with Gasteiger partial charge in [-0.1, -0.05) is 0 Å². The monoisotopic (exact) mass is 292 g/mol. The number of nitrogens with zero attached hydrogens (tertiary/aromatic N) is 2. The van der Waals surface area contributed by atoms with Crippen LogP contribution in [0.5, 0.6) is 5.75 Å². The Balaban J connectivity index is 1.62. The molecule has 0 bridgehead atoms. The van der Waals surface area contributed by atoms with Crippen LogP contribution in [0.2, 0.25) is 0 Å². The van der Waals surface area contributed by atoms with Crippen molar-refractivity contribution in [1.29, 1.82) is 0 Å². The Morgan fingerprint density at radius 1 is 1.38 bits per heavy atom. The predicted octanol–water partition coefficient (Wildman–Crippen LogP) is 1.80. The van der Waals surface area contributed by atoms with Crippen molar-refractivity contribution in [2.24, 2.45) is 0 Å². The van der Waals surface area contributed by atoms with Gasteiger partial charge in [-0.2, -0.15) is 0 Å². The number of carbonyl (C=O) groups excluding carboxylic acids is 1. The molecule has 1 aromatic carbocycles. The second-order valence-corrected chi connectivity index (χ2v) is 5.84. The molecule has 0 radical (unpaired) electrons. The summed E-state index contributed by atoms with van der Waals surface area (Å²) in [6.07, 6.45) is 2.48. The first-order valence-electron chi connectivity index (χ1n) is 7.50. The van der Waals surface area contributed by atoms with E-state index in [0.717, 1.165) is 19.6 Å². The second-order valence-electron chi connectivity index (χ2n) is 5.84. The zero-order chi connectivity index (χ0) is 14.8. The quantitative estimate of drug-likeness (QED) is 0.792. The molecule has 2 fully saturated rings. The standard InChI is InChI=1S/C16H21FN2O2/c1-21-16-5-4-12(9-14(16)17)15(20)11-18-7-8-19-6-2-3-13(19)10-18/h4-5,9,13H,2-3,6-8,10-11H2,1H3. The first kappa shape index (κ1) is 14.5. The number of rotatable bonds is 4. The van der Waals surface area contributed by atoms with Gasteiger partial charge in [-0.3, -0.25) is 14.6 Å². The van der Waals surface area contributed by atoms with Crippen molar-refractivity contribution in [2.45, 2.75) is 18.9 Å². The van der Waals surface area contributed by atoms with Crippen LogP contribution in [0.15, 0.2) is 18.2 Å². The van der Waals surface area contributed by atoms with Gasteiger partial charge in [0.15, 0.2) is 17.3 Å². The summed E-state index contributed by atoms with van der Waals surface area (Å²) < 4.78 is 18.5. The van der Waals surface area contributed by atoms with Gasteiger partial charge in [-0.25, -0.2) is 4.39 Å². The summed E-state index contributed by atoms with van der Waals surface area (Å²) in [5.41, 5.74) is 0.419. The van der Waals surface area contributed by atoms with Gasteiger partial charge < -0.3 is 4.74 Å². The molecule has 1 aromatic rings. The van der Waals surface area contributed by atoms with Crippen molar-refractivity contribution < 1.29 is 13.9 Å². The van der Waals surface area contributed by atoms with Crippen LogP contribution in [-0.4, -0.2) is 61.5 Å². The lowest BCUT2D eigenvalue weighted by Crippen LogP contribution is -2.51. The Morgan fingerprint density at radius 2 is 2.24 bits per heavy atom. The maximum absolute atomic E-state index is 13.7. The molecular weight excluding hydrogens is 271 g/mol. The Kier molecular flexibility index (Phi) is 4.22. The Morgan fingerprint density at radius 3 is 3.00 bits per heavy atom. The highest BCUT2D eigenvalue weighted by atomic mass is 19.1. The fourth-order valence-electron chi connectivity index (χ4n) is 3.33. The van der Waals surface area contributed by atoms with Gasteiger partial charge in [0.1, 0.15) is 0 Å². The van der Waals surface area contributed by atoms with Gasteiger partial charge in [-0.05, 0) is 37.6 Å². The maximum Gasteiger partial charge on any atom is 0.176 e. The predicted molar refractivity (Wildman–Crippen MR) is 78.3 cm³/mol. The molecule has 0 spiro atoms. The largest absolute Gasteiger partial charge is 0.494 e. The Bertz CT molecular complexity index is 535. The minimum absolute atomic E-state index is 0.0250. The van der Waals surface area contributed by atoms with E-state index in [1.54, 1.807) is 6.07 Å². The summed E-state index contributed by atoms with van der Waals surface area (Å²) in [7, 11) is 1.42. The summed E-state index contributed by atoms with van der Waals surface area (Å²) in [5.74, 6) is -0.335. The number of hydrogen-bond donors (Lipinski definition) is 0. The summed E-state index contributed by atoms with van der Waals surface area (Å²) >= 11 is 0. The molecule has 2 aliphatic heterocycles. The molecule has 0 aliphatic carbocycles. The molecule has 0 amide bonds. The van der Waals surface area contributed by atoms with E-state index in [1.807, 2.05) is 0 Å². The third kappa shape index (κ3) is 3.09. The average molecular weight is 292 g/mol. The second kappa shape index (κ2) is 6.12. The first-order chi connectivity index (χ1) is 10.2. The molecular formula is C16H21FN2O2. The molecule has 2 heterocycles. The van der Waals surface area contributed by atoms with Crippen LogP contribution in [0, 0.1) is 5.82 Å². The third-order valence-corrected chi connectivity index (χ3v) is 4.51. The van der Waals surface area contributed by atoms with Crippen LogP contribution >= 0.6 is 0 Å². The number of methoxy groups -OCH3 is 1. The van der Waals surface area contributed by atoms with Crippen LogP contribution in [-0.2, 0) is 0 Å². The lowest BCUT2D eigenvalue weighted by Gasteiger charge is -2.37. The molecule has 5 heteroatoms. The molecule has 3 rings (SSSR count). The van der Waals surface area contributed by atoms with Crippen molar-refractivity contribution in [3.05, 3.63) is 29.6 Å². The van der Waals surface area contributed by atoms with Crippen LogP contribution in [0.4, 0.5) is 4.39 Å². The molecule has 0 saturated carbocycles. The van der Waals surface area contributed by atoms with Crippen molar-refractivity contribution in [3.63, 3.8) is 0 Å². The van der Waals surface area contributed by atoms with Crippen molar-refractivity contribution in [1.82, 2.24) is 9.80 Å². The zero-order valence-electron chi connectivity index (χ0n) is 12.3. The van der Waals surface area contributed by atoms with E-state index in [4.69, 9.17) is 4.74 Å². The Labute approximate surface area is 124 Å². The van der Waals surface area contributed by atoms with E-state index in [1.165, 1.54) is 38.6 Å². The fraction of sp³-hybridized carbons (Fsp3) is 0.562. The number of benzene rings is 1. The molecule has 21 heavy (non-hydrogen) atoms. The van der Waals surface area contributed by atoms with Crippen LogP contribution in [0.3, 0.4) is 0 Å². The van der Waals surface area contributed by atoms with Crippen molar-refractivity contribution in [2.75, 3.05) is 39.8 Å². The van der Waals surface area contributed by atoms with Gasteiger partial charge >= 0.3 is 0 Å². The number of halogens is 1. The molecule has 4 nitrogen and oxygen atoms in total. The number of ketones is 1. The lowest BCUT2D eigenvalue weighted by molar-refractivity contribution is 0.0784. The molecule has 1 atom stereocenters. The topological polar surface area (TPSA) is 32.8 Å². The summed E-state index contributed by atoms with van der Waals surface area (Å²) in [6, 6.07) is 5.01. The number of Topliss-reactive ketones (excluding diaryl/α,β-unsaturated/α-hetero) is 1. The maximum atomic E-state index is 13.7.